The summed E-state index contributed by atoms with van der Waals surface area (Å²) < 4.78 is 28.4. The Hall–Kier alpha value is -1.91. The van der Waals surface area contributed by atoms with E-state index in [1.807, 2.05) is 13.8 Å². The third kappa shape index (κ3) is 3.64. The van der Waals surface area contributed by atoms with Crippen molar-refractivity contribution in [2.45, 2.75) is 34.3 Å². The Kier molecular flexibility index (Phi) is 4.54. The minimum atomic E-state index is -2.85. The number of anilines is 1. The lowest BCUT2D eigenvalue weighted by Crippen LogP contribution is -2.16. The molecule has 1 fully saturated rings. The number of amides is 1. The van der Waals surface area contributed by atoms with Gasteiger partial charge in [0.1, 0.15) is 5.75 Å². The van der Waals surface area contributed by atoms with Crippen LogP contribution in [0, 0.1) is 17.3 Å². The normalized spacial score (nSPS) is 22.1. The molecule has 0 spiro atoms. The number of carbonyl (C=O) groups is 1. The van der Waals surface area contributed by atoms with E-state index in [-0.39, 0.29) is 28.9 Å². The van der Waals surface area contributed by atoms with Gasteiger partial charge in [0.15, 0.2) is 0 Å². The fourth-order valence-electron chi connectivity index (χ4n) is 2.79. The first-order valence-corrected chi connectivity index (χ1v) is 7.22. The smallest absolute Gasteiger partial charge is 0.387 e. The minimum Gasteiger partial charge on any atom is -0.435 e. The zero-order valence-corrected chi connectivity index (χ0v) is 13.2. The molecule has 1 aromatic rings. The Morgan fingerprint density at radius 2 is 1.86 bits per heavy atom. The van der Waals surface area contributed by atoms with Crippen molar-refractivity contribution < 1.29 is 18.3 Å². The van der Waals surface area contributed by atoms with Crippen LogP contribution in [0.1, 0.15) is 27.7 Å². The largest absolute Gasteiger partial charge is 0.435 e. The molecule has 120 valence electrons. The van der Waals surface area contributed by atoms with Crippen LogP contribution in [0.15, 0.2) is 35.9 Å². The number of hydrogen-bond acceptors (Lipinski definition) is 2. The maximum Gasteiger partial charge on any atom is 0.387 e. The topological polar surface area (TPSA) is 38.3 Å². The summed E-state index contributed by atoms with van der Waals surface area (Å²) in [5, 5.41) is 2.83. The van der Waals surface area contributed by atoms with Crippen LogP contribution in [-0.4, -0.2) is 12.5 Å². The van der Waals surface area contributed by atoms with Gasteiger partial charge in [-0.3, -0.25) is 4.79 Å². The quantitative estimate of drug-likeness (QED) is 0.815. The fraction of sp³-hybridized carbons (Fsp3) is 0.471. The van der Waals surface area contributed by atoms with E-state index in [1.54, 1.807) is 12.1 Å². The summed E-state index contributed by atoms with van der Waals surface area (Å²) in [5.41, 5.74) is 1.72. The summed E-state index contributed by atoms with van der Waals surface area (Å²) in [7, 11) is 0. The Morgan fingerprint density at radius 1 is 1.27 bits per heavy atom. The zero-order valence-electron chi connectivity index (χ0n) is 13.2. The second-order valence-electron chi connectivity index (χ2n) is 6.46. The van der Waals surface area contributed by atoms with E-state index < -0.39 is 6.61 Å². The Morgan fingerprint density at radius 3 is 2.36 bits per heavy atom. The van der Waals surface area contributed by atoms with Gasteiger partial charge in [0.05, 0.1) is 5.92 Å². The van der Waals surface area contributed by atoms with E-state index in [0.717, 1.165) is 0 Å². The van der Waals surface area contributed by atoms with Gasteiger partial charge in [0.2, 0.25) is 5.91 Å². The molecule has 0 aliphatic heterocycles. The molecular formula is C17H21F2NO2. The lowest BCUT2D eigenvalue weighted by molar-refractivity contribution is -0.118. The molecule has 1 aliphatic carbocycles. The van der Waals surface area contributed by atoms with E-state index in [4.69, 9.17) is 0 Å². The Balaban J connectivity index is 1.99. The average Bonchev–Trinajstić information content (AvgIpc) is 2.91. The molecule has 1 N–H and O–H groups in total. The molecule has 5 heteroatoms. The third-order valence-electron chi connectivity index (χ3n) is 4.05. The number of allylic oxidation sites excluding steroid dienone is 2. The molecule has 0 aromatic heterocycles. The molecule has 2 atom stereocenters. The highest BCUT2D eigenvalue weighted by Crippen LogP contribution is 2.59. The van der Waals surface area contributed by atoms with Gasteiger partial charge in [-0.2, -0.15) is 8.78 Å². The van der Waals surface area contributed by atoms with Crippen molar-refractivity contribution in [2.75, 3.05) is 5.32 Å². The minimum absolute atomic E-state index is 0.0463. The number of benzene rings is 1. The molecule has 0 unspecified atom stereocenters. The summed E-state index contributed by atoms with van der Waals surface area (Å²) >= 11 is 0. The summed E-state index contributed by atoms with van der Waals surface area (Å²) in [4.78, 5) is 12.4. The third-order valence-corrected chi connectivity index (χ3v) is 4.05. The van der Waals surface area contributed by atoms with Gasteiger partial charge in [-0.25, -0.2) is 0 Å². The number of halogens is 2. The van der Waals surface area contributed by atoms with Crippen molar-refractivity contribution in [3.05, 3.63) is 35.9 Å². The number of rotatable bonds is 5. The molecule has 1 aromatic carbocycles. The van der Waals surface area contributed by atoms with Gasteiger partial charge in [0.25, 0.3) is 0 Å². The standard InChI is InChI=1S/C17H21F2NO2/c1-10(2)9-13-14(17(13,3)4)15(21)20-11-5-7-12(8-6-11)22-16(18)19/h5-9,13-14,16H,1-4H3,(H,20,21)/t13-,14-/m0/s1. The zero-order chi connectivity index (χ0) is 16.5. The Bertz CT molecular complexity index is 575. The van der Waals surface area contributed by atoms with E-state index in [1.165, 1.54) is 17.7 Å². The highest BCUT2D eigenvalue weighted by Gasteiger charge is 2.60. The van der Waals surface area contributed by atoms with Gasteiger partial charge < -0.3 is 10.1 Å². The molecule has 0 heterocycles. The maximum absolute atomic E-state index is 12.4. The maximum atomic E-state index is 12.4. The number of nitrogens with one attached hydrogen (secondary N) is 1. The predicted octanol–water partition coefficient (Wildman–Crippen LogP) is 4.46. The van der Waals surface area contributed by atoms with Gasteiger partial charge >= 0.3 is 6.61 Å². The number of carbonyl (C=O) groups excluding carboxylic acids is 1. The van der Waals surface area contributed by atoms with Crippen LogP contribution in [0.2, 0.25) is 0 Å². The molecule has 1 amide bonds. The van der Waals surface area contributed by atoms with Gasteiger partial charge in [0, 0.05) is 5.69 Å². The lowest BCUT2D eigenvalue weighted by atomic mass is 10.1. The summed E-state index contributed by atoms with van der Waals surface area (Å²) in [5.74, 6) is 0.190. The van der Waals surface area contributed by atoms with E-state index in [0.29, 0.717) is 5.69 Å². The van der Waals surface area contributed by atoms with Crippen molar-refractivity contribution in [1.29, 1.82) is 0 Å². The SMILES string of the molecule is CC(C)=C[C@H]1[C@@H](C(=O)Nc2ccc(OC(F)F)cc2)C1(C)C. The first kappa shape index (κ1) is 16.5. The van der Waals surface area contributed by atoms with Gasteiger partial charge in [-0.1, -0.05) is 25.5 Å². The van der Waals surface area contributed by atoms with E-state index in [9.17, 15) is 13.6 Å². The molecule has 3 nitrogen and oxygen atoms in total. The van der Waals surface area contributed by atoms with Crippen LogP contribution in [-0.2, 0) is 4.79 Å². The highest BCUT2D eigenvalue weighted by atomic mass is 19.3. The van der Waals surface area contributed by atoms with Gasteiger partial charge in [-0.05, 0) is 49.4 Å². The lowest BCUT2D eigenvalue weighted by Gasteiger charge is -2.08. The van der Waals surface area contributed by atoms with E-state index in [2.05, 4.69) is 30.0 Å². The average molecular weight is 309 g/mol. The molecule has 0 radical (unpaired) electrons. The van der Waals surface area contributed by atoms with Crippen LogP contribution >= 0.6 is 0 Å². The van der Waals surface area contributed by atoms with Gasteiger partial charge in [-0.15, -0.1) is 0 Å². The van der Waals surface area contributed by atoms with Crippen molar-refractivity contribution in [1.82, 2.24) is 0 Å². The van der Waals surface area contributed by atoms with Crippen molar-refractivity contribution in [2.24, 2.45) is 17.3 Å². The second-order valence-corrected chi connectivity index (χ2v) is 6.46. The summed E-state index contributed by atoms with van der Waals surface area (Å²) in [6.45, 7) is 5.33. The molecule has 0 bridgehead atoms. The molecule has 2 rings (SSSR count). The molecule has 1 saturated carbocycles. The fourth-order valence-corrected chi connectivity index (χ4v) is 2.79. The van der Waals surface area contributed by atoms with Crippen LogP contribution in [0.25, 0.3) is 0 Å². The van der Waals surface area contributed by atoms with Crippen LogP contribution in [0.4, 0.5) is 14.5 Å². The number of hydrogen-bond donors (Lipinski definition) is 1. The second kappa shape index (κ2) is 6.07. The summed E-state index contributed by atoms with van der Waals surface area (Å²) in [6, 6.07) is 5.93. The molecule has 0 saturated heterocycles. The molecule has 22 heavy (non-hydrogen) atoms. The highest BCUT2D eigenvalue weighted by molar-refractivity contribution is 5.95. The first-order chi connectivity index (χ1) is 10.2. The van der Waals surface area contributed by atoms with Crippen molar-refractivity contribution in [3.8, 4) is 5.75 Å². The number of alkyl halides is 2. The summed E-state index contributed by atoms with van der Waals surface area (Å²) in [6.07, 6.45) is 2.13. The first-order valence-electron chi connectivity index (χ1n) is 7.22. The van der Waals surface area contributed by atoms with Crippen molar-refractivity contribution in [3.63, 3.8) is 0 Å². The van der Waals surface area contributed by atoms with Crippen LogP contribution < -0.4 is 10.1 Å². The predicted molar refractivity (Wildman–Crippen MR) is 81.9 cm³/mol. The molecule has 1 aliphatic rings. The Labute approximate surface area is 129 Å². The van der Waals surface area contributed by atoms with Crippen molar-refractivity contribution >= 4 is 11.6 Å². The van der Waals surface area contributed by atoms with E-state index >= 15 is 0 Å². The van der Waals surface area contributed by atoms with Crippen LogP contribution in [0.3, 0.4) is 0 Å². The van der Waals surface area contributed by atoms with Crippen LogP contribution in [0.5, 0.6) is 5.75 Å². The number of ether oxygens (including phenoxy) is 1. The monoisotopic (exact) mass is 309 g/mol. The molecular weight excluding hydrogens is 288 g/mol.